The van der Waals surface area contributed by atoms with Crippen molar-refractivity contribution in [2.45, 2.75) is 31.8 Å². The highest BCUT2D eigenvalue weighted by Gasteiger charge is 2.38. The Labute approximate surface area is 86.4 Å². The molecule has 0 aromatic carbocycles. The molecule has 0 aromatic rings. The maximum Gasteiger partial charge on any atom is 0.414 e. The Hall–Kier alpha value is -0.440. The fourth-order valence-corrected chi connectivity index (χ4v) is 1.63. The van der Waals surface area contributed by atoms with E-state index in [2.05, 4.69) is 0 Å². The third-order valence-corrected chi connectivity index (χ3v) is 2.63. The van der Waals surface area contributed by atoms with Gasteiger partial charge >= 0.3 is 6.18 Å². The van der Waals surface area contributed by atoms with Crippen molar-refractivity contribution >= 4 is 11.6 Å². The second kappa shape index (κ2) is 3.97. The topological polar surface area (TPSA) is 0 Å². The minimum absolute atomic E-state index is 0.108. The summed E-state index contributed by atoms with van der Waals surface area (Å²) in [5, 5.41) is -0.933. The third-order valence-electron chi connectivity index (χ3n) is 2.21. The zero-order chi connectivity index (χ0) is 10.9. The molecular weight excluding hydrogens is 213 g/mol. The van der Waals surface area contributed by atoms with Crippen molar-refractivity contribution in [2.75, 3.05) is 0 Å². The van der Waals surface area contributed by atoms with Crippen LogP contribution in [0.5, 0.6) is 0 Å². The summed E-state index contributed by atoms with van der Waals surface area (Å²) in [6, 6.07) is 0. The zero-order valence-electron chi connectivity index (χ0n) is 8.03. The van der Waals surface area contributed by atoms with Crippen LogP contribution in [0.15, 0.2) is 23.3 Å². The molecule has 1 aliphatic carbocycles. The number of alkyl halides is 4. The Kier molecular flexibility index (Phi) is 3.30. The predicted octanol–water partition coefficient (Wildman–Crippen LogP) is 4.07. The van der Waals surface area contributed by atoms with Crippen molar-refractivity contribution in [1.29, 1.82) is 0 Å². The molecule has 1 unspecified atom stereocenters. The van der Waals surface area contributed by atoms with E-state index in [1.807, 2.05) is 13.8 Å². The van der Waals surface area contributed by atoms with Gasteiger partial charge in [-0.3, -0.25) is 0 Å². The lowest BCUT2D eigenvalue weighted by Crippen LogP contribution is -2.23. The van der Waals surface area contributed by atoms with Crippen molar-refractivity contribution in [2.24, 2.45) is 5.92 Å². The minimum Gasteiger partial charge on any atom is -0.166 e. The summed E-state index contributed by atoms with van der Waals surface area (Å²) in [5.41, 5.74) is 0.0968. The summed E-state index contributed by atoms with van der Waals surface area (Å²) in [6.07, 6.45) is -1.09. The summed E-state index contributed by atoms with van der Waals surface area (Å²) >= 11 is 5.60. The van der Waals surface area contributed by atoms with Gasteiger partial charge in [-0.15, -0.1) is 11.6 Å². The molecule has 0 saturated heterocycles. The van der Waals surface area contributed by atoms with Crippen molar-refractivity contribution < 1.29 is 13.2 Å². The Morgan fingerprint density at radius 1 is 1.43 bits per heavy atom. The maximum absolute atomic E-state index is 12.4. The SMILES string of the molecule is CC(C)C1=CCC(Cl)C(C(F)(F)F)=C1. The maximum atomic E-state index is 12.4. The van der Waals surface area contributed by atoms with Gasteiger partial charge in [0.15, 0.2) is 0 Å². The molecule has 4 heteroatoms. The van der Waals surface area contributed by atoms with E-state index < -0.39 is 17.1 Å². The molecule has 1 aliphatic rings. The summed E-state index contributed by atoms with van der Waals surface area (Å²) in [7, 11) is 0. The fraction of sp³-hybridized carbons (Fsp3) is 0.600. The molecule has 0 heterocycles. The number of hydrogen-bond acceptors (Lipinski definition) is 0. The van der Waals surface area contributed by atoms with E-state index in [0.717, 1.165) is 0 Å². The Morgan fingerprint density at radius 2 is 2.00 bits per heavy atom. The highest BCUT2D eigenvalue weighted by Crippen LogP contribution is 2.37. The molecule has 0 radical (unpaired) electrons. The Morgan fingerprint density at radius 3 is 2.43 bits per heavy atom. The van der Waals surface area contributed by atoms with Gasteiger partial charge in [0.1, 0.15) is 0 Å². The first-order chi connectivity index (χ1) is 6.32. The van der Waals surface area contributed by atoms with Gasteiger partial charge in [-0.1, -0.05) is 19.9 Å². The van der Waals surface area contributed by atoms with E-state index in [4.69, 9.17) is 11.6 Å². The monoisotopic (exact) mass is 224 g/mol. The number of rotatable bonds is 1. The summed E-state index contributed by atoms with van der Waals surface area (Å²) in [5.74, 6) is 0.108. The van der Waals surface area contributed by atoms with Crippen LogP contribution >= 0.6 is 11.6 Å². The molecule has 0 spiro atoms. The first-order valence-corrected chi connectivity index (χ1v) is 4.89. The predicted molar refractivity (Wildman–Crippen MR) is 51.3 cm³/mol. The van der Waals surface area contributed by atoms with Gasteiger partial charge in [-0.2, -0.15) is 13.2 Å². The molecule has 0 saturated carbocycles. The van der Waals surface area contributed by atoms with E-state index >= 15 is 0 Å². The van der Waals surface area contributed by atoms with Gasteiger partial charge in [0.2, 0.25) is 0 Å². The van der Waals surface area contributed by atoms with Crippen LogP contribution in [-0.2, 0) is 0 Å². The van der Waals surface area contributed by atoms with Gasteiger partial charge in [0.05, 0.1) is 11.0 Å². The van der Waals surface area contributed by atoms with Crippen LogP contribution in [0.4, 0.5) is 13.2 Å². The van der Waals surface area contributed by atoms with Gasteiger partial charge < -0.3 is 0 Å². The molecule has 0 N–H and O–H groups in total. The van der Waals surface area contributed by atoms with E-state index in [-0.39, 0.29) is 12.3 Å². The van der Waals surface area contributed by atoms with Gasteiger partial charge in [-0.25, -0.2) is 0 Å². The molecule has 14 heavy (non-hydrogen) atoms. The minimum atomic E-state index is -4.30. The lowest BCUT2D eigenvalue weighted by Gasteiger charge is -2.22. The number of halogens is 4. The molecule has 0 amide bonds. The average molecular weight is 225 g/mol. The lowest BCUT2D eigenvalue weighted by atomic mass is 9.92. The molecule has 1 atom stereocenters. The highest BCUT2D eigenvalue weighted by atomic mass is 35.5. The van der Waals surface area contributed by atoms with Gasteiger partial charge in [0, 0.05) is 0 Å². The second-order valence-corrected chi connectivity index (χ2v) is 4.19. The van der Waals surface area contributed by atoms with Crippen molar-refractivity contribution in [3.63, 3.8) is 0 Å². The second-order valence-electron chi connectivity index (χ2n) is 3.66. The lowest BCUT2D eigenvalue weighted by molar-refractivity contribution is -0.0937. The molecule has 0 aromatic heterocycles. The zero-order valence-corrected chi connectivity index (χ0v) is 8.78. The third kappa shape index (κ3) is 2.53. The Bertz CT molecular complexity index is 274. The molecule has 80 valence electrons. The van der Waals surface area contributed by atoms with Crippen LogP contribution in [0.25, 0.3) is 0 Å². The molecule has 0 bridgehead atoms. The summed E-state index contributed by atoms with van der Waals surface area (Å²) in [6.45, 7) is 3.73. The van der Waals surface area contributed by atoms with Gasteiger partial charge in [-0.05, 0) is 24.0 Å². The first-order valence-electron chi connectivity index (χ1n) is 4.45. The largest absolute Gasteiger partial charge is 0.414 e. The van der Waals surface area contributed by atoms with Crippen LogP contribution in [0.2, 0.25) is 0 Å². The van der Waals surface area contributed by atoms with E-state index in [0.29, 0.717) is 5.57 Å². The van der Waals surface area contributed by atoms with Crippen LogP contribution < -0.4 is 0 Å². The van der Waals surface area contributed by atoms with E-state index in [9.17, 15) is 13.2 Å². The van der Waals surface area contributed by atoms with Crippen LogP contribution in [-0.4, -0.2) is 11.6 Å². The normalized spacial score (nSPS) is 23.5. The van der Waals surface area contributed by atoms with Crippen molar-refractivity contribution in [3.8, 4) is 0 Å². The van der Waals surface area contributed by atoms with Crippen LogP contribution in [0, 0.1) is 5.92 Å². The molecule has 0 nitrogen and oxygen atoms in total. The van der Waals surface area contributed by atoms with Crippen molar-refractivity contribution in [1.82, 2.24) is 0 Å². The molecular formula is C10H12ClF3. The van der Waals surface area contributed by atoms with E-state index in [1.54, 1.807) is 6.08 Å². The Balaban J connectivity index is 2.97. The fourth-order valence-electron chi connectivity index (χ4n) is 1.36. The molecule has 1 rings (SSSR count). The average Bonchev–Trinajstić information content (AvgIpc) is 2.02. The summed E-state index contributed by atoms with van der Waals surface area (Å²) in [4.78, 5) is 0. The molecule has 0 fully saturated rings. The standard InChI is InChI=1S/C10H12ClF3/c1-6(2)7-3-4-9(11)8(5-7)10(12,13)14/h3,5-6,9H,4H2,1-2H3. The van der Waals surface area contributed by atoms with Gasteiger partial charge in [0.25, 0.3) is 0 Å². The number of allylic oxidation sites excluding steroid dienone is 4. The number of hydrogen-bond donors (Lipinski definition) is 0. The van der Waals surface area contributed by atoms with Crippen LogP contribution in [0.3, 0.4) is 0 Å². The summed E-state index contributed by atoms with van der Waals surface area (Å²) < 4.78 is 37.3. The van der Waals surface area contributed by atoms with Crippen molar-refractivity contribution in [3.05, 3.63) is 23.3 Å². The smallest absolute Gasteiger partial charge is 0.166 e. The molecule has 0 aliphatic heterocycles. The van der Waals surface area contributed by atoms with E-state index in [1.165, 1.54) is 6.08 Å². The van der Waals surface area contributed by atoms with Crippen LogP contribution in [0.1, 0.15) is 20.3 Å². The highest BCUT2D eigenvalue weighted by molar-refractivity contribution is 6.22. The first kappa shape index (κ1) is 11.6. The quantitative estimate of drug-likeness (QED) is 0.589.